The van der Waals surface area contributed by atoms with Gasteiger partial charge in [0.25, 0.3) is 5.91 Å². The molecule has 0 aliphatic rings. The van der Waals surface area contributed by atoms with Gasteiger partial charge >= 0.3 is 0 Å². The fourth-order valence-electron chi connectivity index (χ4n) is 2.06. The van der Waals surface area contributed by atoms with Gasteiger partial charge < -0.3 is 0 Å². The molecule has 0 spiro atoms. The number of nitrogens with zero attached hydrogens (tertiary/aromatic N) is 5. The van der Waals surface area contributed by atoms with E-state index in [9.17, 15) is 4.79 Å². The maximum Gasteiger partial charge on any atom is 0.277 e. The highest BCUT2D eigenvalue weighted by molar-refractivity contribution is 7.14. The molecule has 0 saturated heterocycles. The van der Waals surface area contributed by atoms with Crippen molar-refractivity contribution in [2.24, 2.45) is 0 Å². The molecule has 0 atom stereocenters. The number of aromatic nitrogens is 5. The number of rotatable bonds is 3. The minimum atomic E-state index is -0.322. The lowest BCUT2D eigenvalue weighted by Crippen LogP contribution is -2.12. The van der Waals surface area contributed by atoms with Gasteiger partial charge in [-0.15, -0.1) is 11.3 Å². The summed E-state index contributed by atoms with van der Waals surface area (Å²) in [6.07, 6.45) is 6.75. The Morgan fingerprint density at radius 1 is 1.09 bits per heavy atom. The van der Waals surface area contributed by atoms with Gasteiger partial charge in [-0.2, -0.15) is 0 Å². The normalized spacial score (nSPS) is 10.8. The van der Waals surface area contributed by atoms with Gasteiger partial charge in [0.15, 0.2) is 5.13 Å². The van der Waals surface area contributed by atoms with E-state index >= 15 is 0 Å². The van der Waals surface area contributed by atoms with Crippen LogP contribution in [0.15, 0.2) is 54.4 Å². The van der Waals surface area contributed by atoms with Crippen molar-refractivity contribution in [1.29, 1.82) is 0 Å². The van der Waals surface area contributed by atoms with E-state index in [2.05, 4.69) is 25.3 Å². The molecule has 0 saturated carbocycles. The van der Waals surface area contributed by atoms with Gasteiger partial charge in [-0.25, -0.2) is 15.0 Å². The number of imidazole rings is 1. The first-order valence-corrected chi connectivity index (χ1v) is 7.65. The first-order chi connectivity index (χ1) is 11.3. The third kappa shape index (κ3) is 2.67. The fourth-order valence-corrected chi connectivity index (χ4v) is 2.76. The van der Waals surface area contributed by atoms with Crippen LogP contribution in [0.25, 0.3) is 17.2 Å². The molecular formula is C15H10N6OS. The van der Waals surface area contributed by atoms with Crippen molar-refractivity contribution in [1.82, 2.24) is 24.3 Å². The van der Waals surface area contributed by atoms with Crippen LogP contribution in [0.3, 0.4) is 0 Å². The van der Waals surface area contributed by atoms with Crippen molar-refractivity contribution >= 4 is 28.2 Å². The molecule has 7 nitrogen and oxygen atoms in total. The number of nitrogens with one attached hydrogen (secondary N) is 1. The summed E-state index contributed by atoms with van der Waals surface area (Å²) in [6.45, 7) is 0. The Balaban J connectivity index is 1.56. The monoisotopic (exact) mass is 322 g/mol. The number of hydrogen-bond acceptors (Lipinski definition) is 6. The summed E-state index contributed by atoms with van der Waals surface area (Å²) in [5.74, 6) is 0.156. The van der Waals surface area contributed by atoms with Crippen LogP contribution < -0.4 is 5.32 Å². The summed E-state index contributed by atoms with van der Waals surface area (Å²) in [7, 11) is 0. The molecule has 0 bridgehead atoms. The maximum atomic E-state index is 12.3. The lowest BCUT2D eigenvalue weighted by atomic mass is 10.3. The number of thiazole rings is 1. The summed E-state index contributed by atoms with van der Waals surface area (Å²) < 4.78 is 1.69. The highest BCUT2D eigenvalue weighted by Crippen LogP contribution is 2.23. The minimum absolute atomic E-state index is 0.290. The average molecular weight is 322 g/mol. The molecule has 4 heterocycles. The van der Waals surface area contributed by atoms with Crippen molar-refractivity contribution in [2.75, 3.05) is 5.32 Å². The standard InChI is InChI=1S/C15H10N6OS/c22-13(11-8-21-7-3-6-17-14(21)18-11)20-15-19-12(9-23-15)10-4-1-2-5-16-10/h1-9H,(H,19,20,22). The van der Waals surface area contributed by atoms with E-state index in [0.29, 0.717) is 16.6 Å². The maximum absolute atomic E-state index is 12.3. The number of carbonyl (C=O) groups is 1. The highest BCUT2D eigenvalue weighted by atomic mass is 32.1. The summed E-state index contributed by atoms with van der Waals surface area (Å²) in [5.41, 5.74) is 1.78. The lowest BCUT2D eigenvalue weighted by molar-refractivity contribution is 0.102. The van der Waals surface area contributed by atoms with Crippen molar-refractivity contribution in [3.05, 3.63) is 60.1 Å². The van der Waals surface area contributed by atoms with Crippen LogP contribution in [0.5, 0.6) is 0 Å². The van der Waals surface area contributed by atoms with Crippen molar-refractivity contribution in [3.63, 3.8) is 0 Å². The van der Waals surface area contributed by atoms with Gasteiger partial charge in [0, 0.05) is 30.2 Å². The van der Waals surface area contributed by atoms with Gasteiger partial charge in [0.1, 0.15) is 11.4 Å². The number of pyridine rings is 1. The van der Waals surface area contributed by atoms with E-state index in [-0.39, 0.29) is 5.91 Å². The zero-order chi connectivity index (χ0) is 15.6. The molecule has 0 unspecified atom stereocenters. The molecule has 4 aromatic heterocycles. The molecular weight excluding hydrogens is 312 g/mol. The van der Waals surface area contributed by atoms with Crippen LogP contribution >= 0.6 is 11.3 Å². The molecule has 0 aliphatic heterocycles. The van der Waals surface area contributed by atoms with E-state index in [1.807, 2.05) is 23.6 Å². The van der Waals surface area contributed by atoms with E-state index in [4.69, 9.17) is 0 Å². The predicted molar refractivity (Wildman–Crippen MR) is 86.3 cm³/mol. The molecule has 1 N–H and O–H groups in total. The highest BCUT2D eigenvalue weighted by Gasteiger charge is 2.14. The van der Waals surface area contributed by atoms with Crippen molar-refractivity contribution < 1.29 is 4.79 Å². The summed E-state index contributed by atoms with van der Waals surface area (Å²) >= 11 is 1.34. The van der Waals surface area contributed by atoms with Crippen LogP contribution in [-0.4, -0.2) is 30.2 Å². The van der Waals surface area contributed by atoms with Gasteiger partial charge in [-0.05, 0) is 18.2 Å². The number of amides is 1. The number of fused-ring (bicyclic) bond motifs is 1. The molecule has 8 heteroatoms. The topological polar surface area (TPSA) is 85.1 Å². The zero-order valence-corrected chi connectivity index (χ0v) is 12.6. The Morgan fingerprint density at radius 3 is 2.83 bits per heavy atom. The Bertz CT molecular complexity index is 945. The Morgan fingerprint density at radius 2 is 2.00 bits per heavy atom. The van der Waals surface area contributed by atoms with Crippen molar-refractivity contribution in [2.45, 2.75) is 0 Å². The first-order valence-electron chi connectivity index (χ1n) is 6.77. The largest absolute Gasteiger partial charge is 0.296 e. The number of carbonyl (C=O) groups excluding carboxylic acids is 1. The van der Waals surface area contributed by atoms with Crippen LogP contribution in [0.4, 0.5) is 5.13 Å². The van der Waals surface area contributed by atoms with Crippen LogP contribution in [-0.2, 0) is 0 Å². The molecule has 4 aromatic rings. The molecule has 4 rings (SSSR count). The van der Waals surface area contributed by atoms with E-state index < -0.39 is 0 Å². The third-order valence-corrected chi connectivity index (χ3v) is 3.88. The first kappa shape index (κ1) is 13.5. The molecule has 0 aliphatic carbocycles. The average Bonchev–Trinajstić information content (AvgIpc) is 3.22. The van der Waals surface area contributed by atoms with Gasteiger partial charge in [-0.1, -0.05) is 6.07 Å². The molecule has 0 radical (unpaired) electrons. The van der Waals surface area contributed by atoms with Crippen molar-refractivity contribution in [3.8, 4) is 11.4 Å². The van der Waals surface area contributed by atoms with E-state index in [1.165, 1.54) is 11.3 Å². The van der Waals surface area contributed by atoms with Crippen LogP contribution in [0.2, 0.25) is 0 Å². The summed E-state index contributed by atoms with van der Waals surface area (Å²) in [6, 6.07) is 7.38. The SMILES string of the molecule is O=C(Nc1nc(-c2ccccn2)cs1)c1cn2cccnc2n1. The Hall–Kier alpha value is -3.13. The summed E-state index contributed by atoms with van der Waals surface area (Å²) in [4.78, 5) is 29.1. The smallest absolute Gasteiger partial charge is 0.277 e. The molecule has 0 fully saturated rings. The molecule has 112 valence electrons. The molecule has 0 aromatic carbocycles. The fraction of sp³-hybridized carbons (Fsp3) is 0. The Kier molecular flexibility index (Phi) is 3.28. The lowest BCUT2D eigenvalue weighted by Gasteiger charge is -1.97. The summed E-state index contributed by atoms with van der Waals surface area (Å²) in [5, 5.41) is 5.10. The minimum Gasteiger partial charge on any atom is -0.296 e. The van der Waals surface area contributed by atoms with Gasteiger partial charge in [0.05, 0.1) is 5.69 Å². The second-order valence-electron chi connectivity index (χ2n) is 4.66. The predicted octanol–water partition coefficient (Wildman–Crippen LogP) is 2.50. The van der Waals surface area contributed by atoms with Gasteiger partial charge in [-0.3, -0.25) is 19.5 Å². The van der Waals surface area contributed by atoms with Crippen LogP contribution in [0.1, 0.15) is 10.5 Å². The Labute approximate surface area is 134 Å². The second kappa shape index (κ2) is 5.58. The number of anilines is 1. The second-order valence-corrected chi connectivity index (χ2v) is 5.52. The quantitative estimate of drug-likeness (QED) is 0.626. The van der Waals surface area contributed by atoms with Crippen LogP contribution in [0, 0.1) is 0 Å². The van der Waals surface area contributed by atoms with Gasteiger partial charge in [0.2, 0.25) is 5.78 Å². The van der Waals surface area contributed by atoms with E-state index in [0.717, 1.165) is 11.4 Å². The zero-order valence-electron chi connectivity index (χ0n) is 11.7. The third-order valence-electron chi connectivity index (χ3n) is 3.12. The molecule has 23 heavy (non-hydrogen) atoms. The molecule has 1 amide bonds. The number of hydrogen-bond donors (Lipinski definition) is 1. The van der Waals surface area contributed by atoms with E-state index in [1.54, 1.807) is 35.3 Å².